The summed E-state index contributed by atoms with van der Waals surface area (Å²) in [4.78, 5) is 92.4. The molecule has 380 valence electrons. The maximum absolute atomic E-state index is 12.3. The Labute approximate surface area is 441 Å². The van der Waals surface area contributed by atoms with Gasteiger partial charge in [-0.1, -0.05) is 119 Å². The zero-order valence-electron chi connectivity index (χ0n) is 40.1. The van der Waals surface area contributed by atoms with Crippen LogP contribution < -0.4 is 0 Å². The van der Waals surface area contributed by atoms with E-state index in [-0.39, 0.29) is 5.69 Å². The molecule has 0 saturated heterocycles. The molecule has 0 radical (unpaired) electrons. The normalized spacial score (nSPS) is 8.99. The first-order chi connectivity index (χ1) is 36.0. The first-order valence-electron chi connectivity index (χ1n) is 21.2. The van der Waals surface area contributed by atoms with Gasteiger partial charge in [-0.05, 0) is 122 Å². The predicted molar refractivity (Wildman–Crippen MR) is 281 cm³/mol. The SMILES string of the molecule is CCc1ccccc1N=C=O.Cc1cccc(C)c1N=C=O.Cc1ccccc1N=C=O.O=C=Nc1cccc(Br)c1.O=C=Nc1cccc(Cl)c1.O=C=Nc1cccc(F)c1.O=C=Nc1ccccc1C(F)(F)F. The number of aryl methyl sites for hydroxylation is 4. The number of isocyanates is 7. The van der Waals surface area contributed by atoms with E-state index in [1.807, 2.05) is 94.4 Å². The third-order valence-corrected chi connectivity index (χ3v) is 9.47. The number of para-hydroxylation sites is 4. The molecule has 75 heavy (non-hydrogen) atoms. The summed E-state index contributed by atoms with van der Waals surface area (Å²) < 4.78 is 49.8. The molecule has 0 bridgehead atoms. The molecular formula is C55H41BrClF4N7O7. The Balaban J connectivity index is 0.000000438. The fourth-order valence-electron chi connectivity index (χ4n) is 5.39. The fraction of sp³-hybridized carbons (Fsp3) is 0.109. The average Bonchev–Trinajstić information content (AvgIpc) is 3.38. The molecule has 0 aliphatic heterocycles. The molecule has 7 aromatic rings. The zero-order valence-corrected chi connectivity index (χ0v) is 42.4. The standard InChI is InChI=1S/2C9H9NO.C8H4F3NO.C8H7NO.C7H4BrNO.C7H4ClNO.C7H4FNO/c1-7-4-3-5-8(2)9(7)10-6-11;1-2-8-5-3-4-6-9(8)10-7-11;9-8(10,11)6-3-1-2-4-7(6)12-5-13;1-7-4-2-3-5-8(7)9-6-10;3*8-6-2-1-3-7(4-6)9-5-10/h3-5H,1-2H3;3-6H,2H2,1H3;1-4H;2-5H,1H3;3*1-4H. The quantitative estimate of drug-likeness (QED) is 0.0816. The molecule has 0 fully saturated rings. The first kappa shape index (κ1) is 63.7. The maximum atomic E-state index is 12.3. The molecule has 7 aromatic carbocycles. The molecule has 0 spiro atoms. The lowest BCUT2D eigenvalue weighted by molar-refractivity contribution is -0.137. The number of nitrogens with zero attached hydrogens (tertiary/aromatic N) is 7. The Kier molecular flexibility index (Phi) is 31.8. The van der Waals surface area contributed by atoms with E-state index in [1.54, 1.807) is 54.6 Å². The van der Waals surface area contributed by atoms with Crippen LogP contribution in [0.4, 0.5) is 57.4 Å². The van der Waals surface area contributed by atoms with Gasteiger partial charge in [-0.2, -0.15) is 48.1 Å². The molecule has 14 nitrogen and oxygen atoms in total. The molecule has 0 amide bonds. The molecular weight excluding hydrogens is 1060 g/mol. The summed E-state index contributed by atoms with van der Waals surface area (Å²) in [6.07, 6.45) is 6.26. The number of rotatable bonds is 8. The van der Waals surface area contributed by atoms with Gasteiger partial charge in [-0.3, -0.25) is 0 Å². The van der Waals surface area contributed by atoms with E-state index in [0.717, 1.165) is 68.8 Å². The molecule has 20 heteroatoms. The second-order valence-electron chi connectivity index (χ2n) is 13.9. The van der Waals surface area contributed by atoms with Crippen LogP contribution >= 0.6 is 27.5 Å². The summed E-state index contributed by atoms with van der Waals surface area (Å²) in [5.41, 5.74) is 6.33. The van der Waals surface area contributed by atoms with Gasteiger partial charge in [0.1, 0.15) is 5.82 Å². The largest absolute Gasteiger partial charge is 0.418 e. The molecule has 7 rings (SSSR count). The van der Waals surface area contributed by atoms with Crippen LogP contribution in [0, 0.1) is 26.6 Å². The van der Waals surface area contributed by atoms with Crippen LogP contribution in [0.5, 0.6) is 0 Å². The van der Waals surface area contributed by atoms with Gasteiger partial charge < -0.3 is 0 Å². The van der Waals surface area contributed by atoms with Gasteiger partial charge in [0, 0.05) is 15.6 Å². The van der Waals surface area contributed by atoms with Crippen molar-refractivity contribution in [3.8, 4) is 0 Å². The molecule has 0 unspecified atom stereocenters. The Bertz CT molecular complexity index is 3140. The van der Waals surface area contributed by atoms with Gasteiger partial charge in [0.05, 0.1) is 45.4 Å². The number of alkyl halides is 3. The van der Waals surface area contributed by atoms with Crippen molar-refractivity contribution in [2.45, 2.75) is 40.3 Å². The average molecular weight is 1100 g/mol. The van der Waals surface area contributed by atoms with E-state index < -0.39 is 23.2 Å². The Hall–Kier alpha value is -9.31. The molecule has 0 aliphatic rings. The van der Waals surface area contributed by atoms with E-state index in [9.17, 15) is 51.1 Å². The second kappa shape index (κ2) is 37.5. The van der Waals surface area contributed by atoms with Crippen molar-refractivity contribution in [2.24, 2.45) is 34.9 Å². The molecule has 0 N–H and O–H groups in total. The number of hydrogen-bond acceptors (Lipinski definition) is 14. The first-order valence-corrected chi connectivity index (χ1v) is 22.4. The topological polar surface area (TPSA) is 206 Å². The number of carbonyl (C=O) groups excluding carboxylic acids is 7. The maximum Gasteiger partial charge on any atom is 0.418 e. The van der Waals surface area contributed by atoms with Crippen LogP contribution in [0.3, 0.4) is 0 Å². The van der Waals surface area contributed by atoms with Gasteiger partial charge >= 0.3 is 6.18 Å². The minimum Gasteiger partial charge on any atom is -0.211 e. The molecule has 0 aliphatic carbocycles. The van der Waals surface area contributed by atoms with Crippen molar-refractivity contribution in [1.29, 1.82) is 0 Å². The predicted octanol–water partition coefficient (Wildman–Crippen LogP) is 15.6. The van der Waals surface area contributed by atoms with Gasteiger partial charge in [0.25, 0.3) is 0 Å². The summed E-state index contributed by atoms with van der Waals surface area (Å²) in [6, 6.07) is 44.6. The highest BCUT2D eigenvalue weighted by Crippen LogP contribution is 2.35. The van der Waals surface area contributed by atoms with Gasteiger partial charge in [0.2, 0.25) is 42.6 Å². The van der Waals surface area contributed by atoms with Crippen molar-refractivity contribution in [3.05, 3.63) is 207 Å². The Morgan fingerprint density at radius 1 is 0.453 bits per heavy atom. The van der Waals surface area contributed by atoms with Crippen molar-refractivity contribution in [3.63, 3.8) is 0 Å². The molecule has 0 aromatic heterocycles. The highest BCUT2D eigenvalue weighted by atomic mass is 79.9. The van der Waals surface area contributed by atoms with Gasteiger partial charge in [-0.15, -0.1) is 0 Å². The van der Waals surface area contributed by atoms with Crippen LogP contribution in [0.25, 0.3) is 0 Å². The lowest BCUT2D eigenvalue weighted by atomic mass is 10.1. The van der Waals surface area contributed by atoms with Gasteiger partial charge in [-0.25, -0.2) is 38.0 Å². The van der Waals surface area contributed by atoms with Crippen molar-refractivity contribution >= 4 is 110 Å². The summed E-state index contributed by atoms with van der Waals surface area (Å²) in [5, 5.41) is 0.566. The fourth-order valence-corrected chi connectivity index (χ4v) is 5.96. The van der Waals surface area contributed by atoms with Crippen LogP contribution in [0.15, 0.2) is 203 Å². The van der Waals surface area contributed by atoms with Crippen molar-refractivity contribution < 1.29 is 51.1 Å². The molecule has 0 heterocycles. The highest BCUT2D eigenvalue weighted by Gasteiger charge is 2.33. The van der Waals surface area contributed by atoms with Crippen LogP contribution in [-0.2, 0) is 46.2 Å². The zero-order chi connectivity index (χ0) is 55.9. The third kappa shape index (κ3) is 27.2. The molecule has 0 saturated carbocycles. The summed E-state index contributed by atoms with van der Waals surface area (Å²) >= 11 is 8.83. The van der Waals surface area contributed by atoms with E-state index in [2.05, 4.69) is 50.9 Å². The van der Waals surface area contributed by atoms with Gasteiger partial charge in [0.15, 0.2) is 0 Å². The highest BCUT2D eigenvalue weighted by molar-refractivity contribution is 9.10. The van der Waals surface area contributed by atoms with Crippen LogP contribution in [-0.4, -0.2) is 42.6 Å². The monoisotopic (exact) mass is 1100 g/mol. The minimum absolute atomic E-state index is 0.287. The number of hydrogen-bond donors (Lipinski definition) is 0. The van der Waals surface area contributed by atoms with Crippen LogP contribution in [0.2, 0.25) is 5.02 Å². The van der Waals surface area contributed by atoms with Crippen molar-refractivity contribution in [2.75, 3.05) is 0 Å². The summed E-state index contributed by atoms with van der Waals surface area (Å²) in [5.74, 6) is -0.406. The lowest BCUT2D eigenvalue weighted by Crippen LogP contribution is -2.04. The summed E-state index contributed by atoms with van der Waals surface area (Å²) in [7, 11) is 0. The minimum atomic E-state index is -4.49. The number of aliphatic imine (C=N–C) groups is 7. The van der Waals surface area contributed by atoms with E-state index >= 15 is 0 Å². The Morgan fingerprint density at radius 2 is 0.867 bits per heavy atom. The molecule has 0 atom stereocenters. The number of halogens is 6. The number of benzene rings is 7. The second-order valence-corrected chi connectivity index (χ2v) is 15.2. The summed E-state index contributed by atoms with van der Waals surface area (Å²) in [6.45, 7) is 7.77. The lowest BCUT2D eigenvalue weighted by Gasteiger charge is -2.07. The Morgan fingerprint density at radius 3 is 1.36 bits per heavy atom. The van der Waals surface area contributed by atoms with E-state index in [4.69, 9.17) is 11.6 Å². The van der Waals surface area contributed by atoms with Crippen molar-refractivity contribution in [1.82, 2.24) is 0 Å². The van der Waals surface area contributed by atoms with E-state index in [0.29, 0.717) is 22.1 Å². The van der Waals surface area contributed by atoms with Crippen LogP contribution in [0.1, 0.15) is 34.7 Å². The third-order valence-electron chi connectivity index (χ3n) is 8.74. The van der Waals surface area contributed by atoms with E-state index in [1.165, 1.54) is 60.7 Å². The smallest absolute Gasteiger partial charge is 0.211 e.